The minimum Gasteiger partial charge on any atom is -0.351 e. The molecule has 0 atom stereocenters. The van der Waals surface area contributed by atoms with Gasteiger partial charge in [-0.25, -0.2) is 14.8 Å². The molecule has 0 saturated carbocycles. The number of fused-ring (bicyclic) bond motifs is 2. The number of carbonyl (C=O) groups is 1. The molecule has 6 rings (SSSR count). The number of nitrogens with two attached hydrogens (primary N) is 1. The van der Waals surface area contributed by atoms with Crippen molar-refractivity contribution in [2.75, 3.05) is 0 Å². The normalized spacial score (nSPS) is 14.6. The van der Waals surface area contributed by atoms with Crippen molar-refractivity contribution in [1.82, 2.24) is 34.4 Å². The average Bonchev–Trinajstić information content (AvgIpc) is 3.52. The summed E-state index contributed by atoms with van der Waals surface area (Å²) in [7, 11) is 0. The summed E-state index contributed by atoms with van der Waals surface area (Å²) in [5.74, 6) is 1.79. The third-order valence-electron chi connectivity index (χ3n) is 6.10. The van der Waals surface area contributed by atoms with Crippen molar-refractivity contribution in [1.29, 1.82) is 0 Å². The highest BCUT2D eigenvalue weighted by atomic mass is 16.2. The van der Waals surface area contributed by atoms with Crippen LogP contribution in [0.5, 0.6) is 0 Å². The molecule has 4 aromatic rings. The maximum Gasteiger partial charge on any atom is 0.315 e. The molecule has 4 aromatic heterocycles. The summed E-state index contributed by atoms with van der Waals surface area (Å²) in [6.07, 6.45) is 3.87. The Labute approximate surface area is 184 Å². The van der Waals surface area contributed by atoms with Crippen LogP contribution in [0.4, 0.5) is 4.79 Å². The van der Waals surface area contributed by atoms with E-state index in [1.54, 1.807) is 11.1 Å². The van der Waals surface area contributed by atoms with E-state index < -0.39 is 6.03 Å². The largest absolute Gasteiger partial charge is 0.351 e. The molecule has 0 bridgehead atoms. The van der Waals surface area contributed by atoms with Crippen molar-refractivity contribution >= 4 is 6.03 Å². The Bertz CT molecular complexity index is 1340. The second kappa shape index (κ2) is 7.01. The number of H-pyrrole nitrogens is 1. The summed E-state index contributed by atoms with van der Waals surface area (Å²) in [6.45, 7) is 3.79. The Morgan fingerprint density at radius 3 is 2.84 bits per heavy atom. The fraction of sp³-hybridized carbons (Fsp3) is 0.261. The first kappa shape index (κ1) is 18.7. The summed E-state index contributed by atoms with van der Waals surface area (Å²) in [4.78, 5) is 35.2. The maximum atomic E-state index is 11.4. The van der Waals surface area contributed by atoms with Gasteiger partial charge in [-0.05, 0) is 37.6 Å². The lowest BCUT2D eigenvalue weighted by Gasteiger charge is -2.11. The van der Waals surface area contributed by atoms with Crippen LogP contribution in [0.15, 0.2) is 36.5 Å². The van der Waals surface area contributed by atoms with Gasteiger partial charge in [-0.3, -0.25) is 9.97 Å². The summed E-state index contributed by atoms with van der Waals surface area (Å²) >= 11 is 0. The number of nitrogens with one attached hydrogen (secondary N) is 1. The van der Waals surface area contributed by atoms with Gasteiger partial charge in [0.2, 0.25) is 0 Å². The Morgan fingerprint density at radius 2 is 2.03 bits per heavy atom. The van der Waals surface area contributed by atoms with E-state index in [1.807, 2.05) is 37.3 Å². The number of amides is 2. The first-order valence-corrected chi connectivity index (χ1v) is 10.7. The minimum absolute atomic E-state index is 0.417. The van der Waals surface area contributed by atoms with Crippen LogP contribution in [0.3, 0.4) is 0 Å². The van der Waals surface area contributed by atoms with Gasteiger partial charge in [-0.15, -0.1) is 0 Å². The molecule has 0 fully saturated rings. The Balaban J connectivity index is 1.42. The summed E-state index contributed by atoms with van der Waals surface area (Å²) < 4.78 is 2.30. The van der Waals surface area contributed by atoms with Gasteiger partial charge >= 0.3 is 6.03 Å². The quantitative estimate of drug-likeness (QED) is 0.522. The Morgan fingerprint density at radius 1 is 1.12 bits per heavy atom. The number of carbonyl (C=O) groups excluding carboxylic acids is 1. The van der Waals surface area contributed by atoms with Gasteiger partial charge < -0.3 is 20.2 Å². The zero-order chi connectivity index (χ0) is 21.8. The number of aromatic nitrogens is 6. The van der Waals surface area contributed by atoms with Crippen LogP contribution in [-0.4, -0.2) is 40.4 Å². The molecule has 32 heavy (non-hydrogen) atoms. The Hall–Kier alpha value is -4.01. The lowest BCUT2D eigenvalue weighted by molar-refractivity contribution is 0.207. The molecule has 2 aliphatic heterocycles. The number of primary amides is 1. The second-order valence-corrected chi connectivity index (χ2v) is 8.28. The number of nitrogens with zero attached hydrogens (tertiary/aromatic N) is 6. The van der Waals surface area contributed by atoms with Crippen LogP contribution in [0, 0.1) is 6.92 Å². The van der Waals surface area contributed by atoms with E-state index in [0.29, 0.717) is 18.9 Å². The zero-order valence-corrected chi connectivity index (χ0v) is 17.7. The second-order valence-electron chi connectivity index (χ2n) is 8.28. The minimum atomic E-state index is -0.440. The molecule has 0 spiro atoms. The lowest BCUT2D eigenvalue weighted by Crippen LogP contribution is -2.31. The van der Waals surface area contributed by atoms with Gasteiger partial charge in [-0.2, -0.15) is 0 Å². The van der Waals surface area contributed by atoms with Crippen molar-refractivity contribution < 1.29 is 4.79 Å². The van der Waals surface area contributed by atoms with Crippen molar-refractivity contribution in [2.24, 2.45) is 5.73 Å². The van der Waals surface area contributed by atoms with Gasteiger partial charge in [0.05, 0.1) is 35.9 Å². The van der Waals surface area contributed by atoms with Crippen LogP contribution in [0.2, 0.25) is 0 Å². The maximum absolute atomic E-state index is 11.4. The number of urea groups is 1. The van der Waals surface area contributed by atoms with E-state index in [4.69, 9.17) is 15.7 Å². The number of hydrogen-bond acceptors (Lipinski definition) is 5. The topological polar surface area (TPSA) is 119 Å². The molecule has 0 saturated heterocycles. The monoisotopic (exact) mass is 426 g/mol. The highest BCUT2D eigenvalue weighted by molar-refractivity contribution is 5.79. The van der Waals surface area contributed by atoms with Crippen molar-refractivity contribution in [3.63, 3.8) is 0 Å². The smallest absolute Gasteiger partial charge is 0.315 e. The molecule has 9 heteroatoms. The van der Waals surface area contributed by atoms with Gasteiger partial charge in [0.1, 0.15) is 17.2 Å². The SMILES string of the molecule is Cc1cccc(-c2nc3n(c2-c2ccnc(-c4nc5c([nH]4)CN(C(N)=O)C5)c2)CCC3)n1. The van der Waals surface area contributed by atoms with Crippen LogP contribution >= 0.6 is 0 Å². The van der Waals surface area contributed by atoms with Crippen molar-refractivity contribution in [3.05, 3.63) is 59.4 Å². The van der Waals surface area contributed by atoms with Gasteiger partial charge in [0, 0.05) is 30.4 Å². The van der Waals surface area contributed by atoms with E-state index in [1.165, 1.54) is 0 Å². The molecule has 6 heterocycles. The van der Waals surface area contributed by atoms with E-state index in [0.717, 1.165) is 70.6 Å². The molecule has 0 aromatic carbocycles. The van der Waals surface area contributed by atoms with Gasteiger partial charge in [-0.1, -0.05) is 6.07 Å². The third-order valence-corrected chi connectivity index (χ3v) is 6.10. The molecule has 2 amide bonds. The van der Waals surface area contributed by atoms with Crippen LogP contribution in [0.25, 0.3) is 34.2 Å². The first-order chi connectivity index (χ1) is 15.6. The van der Waals surface area contributed by atoms with Crippen molar-refractivity contribution in [3.8, 4) is 34.2 Å². The van der Waals surface area contributed by atoms with Crippen LogP contribution in [-0.2, 0) is 26.1 Å². The molecule has 160 valence electrons. The number of hydrogen-bond donors (Lipinski definition) is 2. The van der Waals surface area contributed by atoms with Gasteiger partial charge in [0.25, 0.3) is 0 Å². The molecular weight excluding hydrogens is 404 g/mol. The third kappa shape index (κ3) is 2.96. The summed E-state index contributed by atoms with van der Waals surface area (Å²) in [5.41, 5.74) is 12.7. The number of imidazole rings is 2. The summed E-state index contributed by atoms with van der Waals surface area (Å²) in [6, 6.07) is 9.64. The number of rotatable bonds is 3. The molecule has 0 unspecified atom stereocenters. The van der Waals surface area contributed by atoms with Gasteiger partial charge in [0.15, 0.2) is 5.82 Å². The highest BCUT2D eigenvalue weighted by Gasteiger charge is 2.27. The van der Waals surface area contributed by atoms with Crippen LogP contribution < -0.4 is 5.73 Å². The summed E-state index contributed by atoms with van der Waals surface area (Å²) in [5, 5.41) is 0. The number of aromatic amines is 1. The van der Waals surface area contributed by atoms with E-state index in [9.17, 15) is 4.79 Å². The molecule has 9 nitrogen and oxygen atoms in total. The first-order valence-electron chi connectivity index (χ1n) is 10.7. The molecule has 3 N–H and O–H groups in total. The fourth-order valence-electron chi connectivity index (χ4n) is 4.59. The molecular formula is C23H22N8O. The molecule has 0 aliphatic carbocycles. The van der Waals surface area contributed by atoms with E-state index in [2.05, 4.69) is 19.5 Å². The number of aryl methyl sites for hydroxylation is 2. The van der Waals surface area contributed by atoms with Crippen molar-refractivity contribution in [2.45, 2.75) is 39.4 Å². The average molecular weight is 426 g/mol. The zero-order valence-electron chi connectivity index (χ0n) is 17.7. The molecule has 2 aliphatic rings. The standard InChI is InChI=1S/C23H22N8O/c1-13-4-2-5-15(26-13)20-21(31-9-3-6-19(31)29-20)14-7-8-25-16(10-14)22-27-17-11-30(23(24)32)12-18(17)28-22/h2,4-5,7-8,10H,3,6,9,11-12H2,1H3,(H2,24,32)(H,27,28). The predicted octanol–water partition coefficient (Wildman–Crippen LogP) is 3.05. The van der Waals surface area contributed by atoms with E-state index >= 15 is 0 Å². The highest BCUT2D eigenvalue weighted by Crippen LogP contribution is 2.36. The Kier molecular flexibility index (Phi) is 4.11. The number of pyridine rings is 2. The lowest BCUT2D eigenvalue weighted by atomic mass is 10.1. The van der Waals surface area contributed by atoms with Crippen LogP contribution in [0.1, 0.15) is 29.3 Å². The predicted molar refractivity (Wildman–Crippen MR) is 118 cm³/mol. The molecule has 0 radical (unpaired) electrons. The fourth-order valence-corrected chi connectivity index (χ4v) is 4.59. The van der Waals surface area contributed by atoms with E-state index in [-0.39, 0.29) is 0 Å².